The first-order chi connectivity index (χ1) is 20.8. The molecule has 0 spiro atoms. The minimum atomic E-state index is -0.411. The molecule has 0 saturated heterocycles. The molecule has 0 aromatic heterocycles. The average Bonchev–Trinajstić information content (AvgIpc) is 3.36. The molecule has 4 aliphatic carbocycles. The van der Waals surface area contributed by atoms with Gasteiger partial charge in [0.25, 0.3) is 0 Å². The molecular weight excluding hydrogens is 585 g/mol. The molecule has 250 valence electrons. The van der Waals surface area contributed by atoms with Crippen LogP contribution in [0.5, 0.6) is 0 Å². The van der Waals surface area contributed by atoms with Gasteiger partial charge >= 0.3 is 11.9 Å². The molecule has 0 aliphatic heterocycles. The van der Waals surface area contributed by atoms with E-state index in [0.29, 0.717) is 33.8 Å². The zero-order valence-corrected chi connectivity index (χ0v) is 30.2. The molecule has 6 heteroatoms. The third-order valence-electron chi connectivity index (χ3n) is 13.4. The van der Waals surface area contributed by atoms with Crippen molar-refractivity contribution in [2.75, 3.05) is 24.7 Å². The van der Waals surface area contributed by atoms with Crippen LogP contribution in [-0.4, -0.2) is 36.7 Å². The Morgan fingerprint density at radius 1 is 0.795 bits per heavy atom. The molecular formula is C38H62O4S2. The molecule has 0 heterocycles. The first-order valence-electron chi connectivity index (χ1n) is 17.8. The van der Waals surface area contributed by atoms with Crippen molar-refractivity contribution in [3.63, 3.8) is 0 Å². The van der Waals surface area contributed by atoms with Gasteiger partial charge in [0.1, 0.15) is 0 Å². The zero-order chi connectivity index (χ0) is 32.2. The molecule has 44 heavy (non-hydrogen) atoms. The maximum Gasteiger partial charge on any atom is 0.334 e. The molecule has 4 rings (SSSR count). The van der Waals surface area contributed by atoms with Gasteiger partial charge < -0.3 is 9.47 Å². The summed E-state index contributed by atoms with van der Waals surface area (Å²) >= 11 is 8.35. The highest BCUT2D eigenvalue weighted by Gasteiger charge is 2.60. The second-order valence-corrected chi connectivity index (χ2v) is 16.8. The van der Waals surface area contributed by atoms with Crippen LogP contribution < -0.4 is 0 Å². The lowest BCUT2D eigenvalue weighted by Gasteiger charge is -2.61. The maximum absolute atomic E-state index is 12.4. The van der Waals surface area contributed by atoms with Gasteiger partial charge in [0.15, 0.2) is 0 Å². The topological polar surface area (TPSA) is 52.6 Å². The number of hydrogen-bond donors (Lipinski definition) is 2. The summed E-state index contributed by atoms with van der Waals surface area (Å²) in [6.07, 6.45) is 15.9. The van der Waals surface area contributed by atoms with Gasteiger partial charge in [-0.25, -0.2) is 9.59 Å². The fourth-order valence-electron chi connectivity index (χ4n) is 10.8. The third-order valence-corrected chi connectivity index (χ3v) is 14.2. The molecule has 0 radical (unpaired) electrons. The Balaban J connectivity index is 1.42. The number of carbonyl (C=O) groups is 2. The normalized spacial score (nSPS) is 35.4. The number of esters is 2. The monoisotopic (exact) mass is 646 g/mol. The van der Waals surface area contributed by atoms with Gasteiger partial charge in [-0.1, -0.05) is 67.0 Å². The largest absolute Gasteiger partial charge is 0.462 e. The third kappa shape index (κ3) is 7.63. The minimum Gasteiger partial charge on any atom is -0.462 e. The smallest absolute Gasteiger partial charge is 0.334 e. The highest BCUT2D eigenvalue weighted by atomic mass is 32.1. The molecule has 4 nitrogen and oxygen atoms in total. The van der Waals surface area contributed by atoms with E-state index in [2.05, 4.69) is 73.0 Å². The van der Waals surface area contributed by atoms with E-state index in [1.54, 1.807) is 0 Å². The van der Waals surface area contributed by atoms with E-state index in [1.165, 1.54) is 64.2 Å². The van der Waals surface area contributed by atoms with Crippen LogP contribution in [0.4, 0.5) is 0 Å². The predicted octanol–water partition coefficient (Wildman–Crippen LogP) is 9.40. The highest BCUT2D eigenvalue weighted by Crippen LogP contribution is 2.69. The first kappa shape index (κ1) is 36.0. The van der Waals surface area contributed by atoms with Crippen molar-refractivity contribution in [2.24, 2.45) is 64.1 Å². The van der Waals surface area contributed by atoms with Gasteiger partial charge in [-0.2, -0.15) is 25.3 Å². The number of carbonyl (C=O) groups excluding carboxylic acids is 2. The Bertz CT molecular complexity index is 1010. The van der Waals surface area contributed by atoms with E-state index < -0.39 is 11.9 Å². The summed E-state index contributed by atoms with van der Waals surface area (Å²) in [4.78, 5) is 24.9. The lowest BCUT2D eigenvalue weighted by molar-refractivity contribution is -0.149. The summed E-state index contributed by atoms with van der Waals surface area (Å²) in [5, 5.41) is 0. The second kappa shape index (κ2) is 15.3. The number of fused-ring (bicyclic) bond motifs is 5. The van der Waals surface area contributed by atoms with E-state index in [0.717, 1.165) is 48.3 Å². The van der Waals surface area contributed by atoms with Crippen LogP contribution in [0.2, 0.25) is 0 Å². The quantitative estimate of drug-likeness (QED) is 0.112. The molecule has 0 N–H and O–H groups in total. The maximum atomic E-state index is 12.4. The predicted molar refractivity (Wildman–Crippen MR) is 188 cm³/mol. The van der Waals surface area contributed by atoms with Crippen molar-refractivity contribution in [2.45, 2.75) is 112 Å². The number of rotatable bonds is 14. The van der Waals surface area contributed by atoms with E-state index in [1.807, 2.05) is 0 Å². The van der Waals surface area contributed by atoms with E-state index in [9.17, 15) is 9.59 Å². The molecule has 0 amide bonds. The Morgan fingerprint density at radius 2 is 1.39 bits per heavy atom. The molecule has 0 bridgehead atoms. The molecule has 9 atom stereocenters. The summed E-state index contributed by atoms with van der Waals surface area (Å²) in [5.74, 6) is 5.85. The van der Waals surface area contributed by atoms with Gasteiger partial charge in [-0.3, -0.25) is 0 Å². The summed E-state index contributed by atoms with van der Waals surface area (Å²) in [7, 11) is 0. The highest BCUT2D eigenvalue weighted by molar-refractivity contribution is 7.80. The minimum absolute atomic E-state index is 0.0342. The van der Waals surface area contributed by atoms with Crippen LogP contribution >= 0.6 is 25.3 Å². The van der Waals surface area contributed by atoms with Gasteiger partial charge in [-0.15, -0.1) is 0 Å². The average molecular weight is 647 g/mol. The molecule has 0 aromatic carbocycles. The Labute approximate surface area is 280 Å². The fourth-order valence-corrected chi connectivity index (χ4v) is 11.0. The van der Waals surface area contributed by atoms with Crippen molar-refractivity contribution in [1.82, 2.24) is 0 Å². The second-order valence-electron chi connectivity index (χ2n) is 16.2. The van der Waals surface area contributed by atoms with Crippen molar-refractivity contribution in [3.05, 3.63) is 24.3 Å². The van der Waals surface area contributed by atoms with Gasteiger partial charge in [-0.05, 0) is 116 Å². The molecule has 4 aliphatic rings. The zero-order valence-electron chi connectivity index (χ0n) is 28.5. The Kier molecular flexibility index (Phi) is 12.5. The SMILES string of the molecule is C=C(CS)C(=O)OCC(COC(=O)C(=C)CS)[C@H]1CC[C@@]2(C)[C@@H](CC[C@@H]3[C@@H]2CC[C@]2(C)[C@@H]([C@H](C)CCCC(C)C)CC[C@@H]32)C1. The van der Waals surface area contributed by atoms with Crippen LogP contribution in [0.3, 0.4) is 0 Å². The van der Waals surface area contributed by atoms with Gasteiger partial charge in [0.05, 0.1) is 13.2 Å². The fraction of sp³-hybridized carbons (Fsp3) is 0.842. The van der Waals surface area contributed by atoms with Gasteiger partial charge in [0.2, 0.25) is 0 Å². The van der Waals surface area contributed by atoms with Crippen molar-refractivity contribution in [3.8, 4) is 0 Å². The van der Waals surface area contributed by atoms with Crippen LogP contribution in [-0.2, 0) is 19.1 Å². The molecule has 4 saturated carbocycles. The van der Waals surface area contributed by atoms with E-state index in [-0.39, 0.29) is 30.6 Å². The van der Waals surface area contributed by atoms with Gasteiger partial charge in [0, 0.05) is 28.6 Å². The molecule has 0 unspecified atom stereocenters. The summed E-state index contributed by atoms with van der Waals surface area (Å²) < 4.78 is 11.4. The summed E-state index contributed by atoms with van der Waals surface area (Å²) in [5.41, 5.74) is 1.60. The Hall–Kier alpha value is -0.880. The van der Waals surface area contributed by atoms with E-state index >= 15 is 0 Å². The first-order valence-corrected chi connectivity index (χ1v) is 19.0. The summed E-state index contributed by atoms with van der Waals surface area (Å²) in [6.45, 7) is 20.6. The van der Waals surface area contributed by atoms with Crippen molar-refractivity contribution >= 4 is 37.2 Å². The van der Waals surface area contributed by atoms with Crippen LogP contribution in [0.15, 0.2) is 24.3 Å². The standard InChI is InChI=1S/C38H62O4S2/c1-24(2)9-8-10-25(3)32-13-14-33-31-12-11-30-19-28(15-17-37(30,6)34(31)16-18-38(32,33)7)29(20-41-35(39)26(4)22-43)21-42-36(40)27(5)23-44/h24-25,28-34,43-44H,4-5,8-23H2,1-3,6-7H3/t25-,28+,30+,31+,32-,33+,34+,37+,38-/m1/s1. The Morgan fingerprint density at radius 3 is 1.98 bits per heavy atom. The molecule has 4 fully saturated rings. The van der Waals surface area contributed by atoms with Crippen LogP contribution in [0, 0.1) is 64.1 Å². The number of thiol groups is 2. The lowest BCUT2D eigenvalue weighted by atomic mass is 9.43. The van der Waals surface area contributed by atoms with Crippen LogP contribution in [0.1, 0.15) is 112 Å². The number of ether oxygens (including phenoxy) is 2. The van der Waals surface area contributed by atoms with Crippen molar-refractivity contribution < 1.29 is 19.1 Å². The lowest BCUT2D eigenvalue weighted by Crippen LogP contribution is -2.54. The van der Waals surface area contributed by atoms with E-state index in [4.69, 9.17) is 9.47 Å². The van der Waals surface area contributed by atoms with Crippen LogP contribution in [0.25, 0.3) is 0 Å². The molecule has 0 aromatic rings. The number of hydrogen-bond acceptors (Lipinski definition) is 6. The summed E-state index contributed by atoms with van der Waals surface area (Å²) in [6, 6.07) is 0. The van der Waals surface area contributed by atoms with Crippen molar-refractivity contribution in [1.29, 1.82) is 0 Å².